The Bertz CT molecular complexity index is 459. The number of carbonyl (C=O) groups is 1. The number of carbonyl (C=O) groups excluding carboxylic acids is 1. The van der Waals surface area contributed by atoms with Gasteiger partial charge in [0.2, 0.25) is 5.91 Å². The van der Waals surface area contributed by atoms with Gasteiger partial charge in [-0.1, -0.05) is 29.3 Å². The zero-order valence-corrected chi connectivity index (χ0v) is 12.9. The van der Waals surface area contributed by atoms with Crippen LogP contribution in [0, 0.1) is 0 Å². The van der Waals surface area contributed by atoms with E-state index in [-0.39, 0.29) is 5.91 Å². The molecule has 1 aromatic carbocycles. The molecule has 0 bridgehead atoms. The lowest BCUT2D eigenvalue weighted by atomic mass is 10.1. The number of halogens is 2. The monoisotopic (exact) mass is 314 g/mol. The van der Waals surface area contributed by atoms with Crippen molar-refractivity contribution in [1.29, 1.82) is 0 Å². The number of benzene rings is 1. The Balaban J connectivity index is 1.64. The third-order valence-corrected chi connectivity index (χ3v) is 4.14. The Morgan fingerprint density at radius 2 is 2.25 bits per heavy atom. The van der Waals surface area contributed by atoms with Gasteiger partial charge in [-0.05, 0) is 49.9 Å². The molecule has 110 valence electrons. The minimum atomic E-state index is 0.131. The van der Waals surface area contributed by atoms with Gasteiger partial charge in [-0.2, -0.15) is 0 Å². The van der Waals surface area contributed by atoms with Crippen molar-refractivity contribution in [1.82, 2.24) is 10.6 Å². The van der Waals surface area contributed by atoms with E-state index in [0.717, 1.165) is 31.4 Å². The number of hydrogen-bond donors (Lipinski definition) is 2. The van der Waals surface area contributed by atoms with Crippen LogP contribution < -0.4 is 10.6 Å². The van der Waals surface area contributed by atoms with Gasteiger partial charge in [-0.15, -0.1) is 0 Å². The van der Waals surface area contributed by atoms with Crippen LogP contribution in [0.5, 0.6) is 0 Å². The molecule has 0 spiro atoms. The number of aryl methyl sites for hydroxylation is 1. The SMILES string of the molecule is O=C(CC1CCCN1)NCCCc1ccc(Cl)cc1Cl. The highest BCUT2D eigenvalue weighted by molar-refractivity contribution is 6.35. The van der Waals surface area contributed by atoms with Gasteiger partial charge in [-0.3, -0.25) is 4.79 Å². The molecule has 2 N–H and O–H groups in total. The van der Waals surface area contributed by atoms with Crippen LogP contribution in [-0.2, 0) is 11.2 Å². The predicted molar refractivity (Wildman–Crippen MR) is 83.4 cm³/mol. The number of amides is 1. The summed E-state index contributed by atoms with van der Waals surface area (Å²) < 4.78 is 0. The van der Waals surface area contributed by atoms with E-state index in [9.17, 15) is 4.79 Å². The first-order valence-corrected chi connectivity index (χ1v) is 7.85. The van der Waals surface area contributed by atoms with E-state index in [0.29, 0.717) is 29.1 Å². The summed E-state index contributed by atoms with van der Waals surface area (Å²) in [6.45, 7) is 1.72. The molecule has 0 saturated carbocycles. The quantitative estimate of drug-likeness (QED) is 0.792. The summed E-state index contributed by atoms with van der Waals surface area (Å²) >= 11 is 12.0. The van der Waals surface area contributed by atoms with E-state index >= 15 is 0 Å². The van der Waals surface area contributed by atoms with Gasteiger partial charge in [0.25, 0.3) is 0 Å². The molecule has 2 rings (SSSR count). The van der Waals surface area contributed by atoms with Gasteiger partial charge in [0.05, 0.1) is 0 Å². The van der Waals surface area contributed by atoms with Gasteiger partial charge < -0.3 is 10.6 Å². The molecule has 1 amide bonds. The summed E-state index contributed by atoms with van der Waals surface area (Å²) in [4.78, 5) is 11.7. The zero-order valence-electron chi connectivity index (χ0n) is 11.4. The molecule has 20 heavy (non-hydrogen) atoms. The van der Waals surface area contributed by atoms with Crippen molar-refractivity contribution in [2.75, 3.05) is 13.1 Å². The van der Waals surface area contributed by atoms with Crippen molar-refractivity contribution in [2.45, 2.75) is 38.1 Å². The fourth-order valence-electron chi connectivity index (χ4n) is 2.46. The highest BCUT2D eigenvalue weighted by Crippen LogP contribution is 2.21. The molecule has 1 aliphatic heterocycles. The number of nitrogens with one attached hydrogen (secondary N) is 2. The molecule has 1 aliphatic rings. The predicted octanol–water partition coefficient (Wildman–Crippen LogP) is 3.18. The van der Waals surface area contributed by atoms with Gasteiger partial charge >= 0.3 is 0 Å². The van der Waals surface area contributed by atoms with Crippen LogP contribution in [0.4, 0.5) is 0 Å². The Kier molecular flexibility index (Phi) is 6.14. The summed E-state index contributed by atoms with van der Waals surface area (Å²) in [7, 11) is 0. The molecular weight excluding hydrogens is 295 g/mol. The normalized spacial score (nSPS) is 18.2. The maximum Gasteiger partial charge on any atom is 0.221 e. The maximum atomic E-state index is 11.7. The van der Waals surface area contributed by atoms with E-state index < -0.39 is 0 Å². The average molecular weight is 315 g/mol. The van der Waals surface area contributed by atoms with E-state index in [4.69, 9.17) is 23.2 Å². The summed E-state index contributed by atoms with van der Waals surface area (Å²) in [6.07, 6.45) is 4.59. The van der Waals surface area contributed by atoms with Gasteiger partial charge in [0, 0.05) is 29.1 Å². The third-order valence-electron chi connectivity index (χ3n) is 3.55. The Morgan fingerprint density at radius 3 is 2.95 bits per heavy atom. The van der Waals surface area contributed by atoms with Crippen LogP contribution in [0.3, 0.4) is 0 Å². The Labute approximate surface area is 130 Å². The molecule has 1 heterocycles. The summed E-state index contributed by atoms with van der Waals surface area (Å²) in [5.74, 6) is 0.131. The lowest BCUT2D eigenvalue weighted by molar-refractivity contribution is -0.121. The molecule has 5 heteroatoms. The maximum absolute atomic E-state index is 11.7. The minimum absolute atomic E-state index is 0.131. The van der Waals surface area contributed by atoms with E-state index in [1.807, 2.05) is 12.1 Å². The van der Waals surface area contributed by atoms with Crippen LogP contribution in [0.1, 0.15) is 31.2 Å². The lowest BCUT2D eigenvalue weighted by Crippen LogP contribution is -2.32. The summed E-state index contributed by atoms with van der Waals surface area (Å²) in [5.41, 5.74) is 1.07. The fourth-order valence-corrected chi connectivity index (χ4v) is 2.96. The summed E-state index contributed by atoms with van der Waals surface area (Å²) in [5, 5.41) is 7.63. The van der Waals surface area contributed by atoms with Gasteiger partial charge in [-0.25, -0.2) is 0 Å². The first-order valence-electron chi connectivity index (χ1n) is 7.09. The molecule has 0 aromatic heterocycles. The standard InChI is InChI=1S/C15H20Cl2N2O/c16-12-6-5-11(14(17)9-12)3-1-8-19-15(20)10-13-4-2-7-18-13/h5-6,9,13,18H,1-4,7-8,10H2,(H,19,20). The first kappa shape index (κ1) is 15.6. The summed E-state index contributed by atoms with van der Waals surface area (Å²) in [6, 6.07) is 5.89. The topological polar surface area (TPSA) is 41.1 Å². The van der Waals surface area contributed by atoms with Gasteiger partial charge in [0.1, 0.15) is 0 Å². The largest absolute Gasteiger partial charge is 0.356 e. The van der Waals surface area contributed by atoms with Crippen molar-refractivity contribution in [3.63, 3.8) is 0 Å². The van der Waals surface area contributed by atoms with Crippen LogP contribution >= 0.6 is 23.2 Å². The number of hydrogen-bond acceptors (Lipinski definition) is 2. The molecule has 0 aliphatic carbocycles. The highest BCUT2D eigenvalue weighted by atomic mass is 35.5. The molecule has 1 fully saturated rings. The second kappa shape index (κ2) is 7.87. The van der Waals surface area contributed by atoms with Crippen LogP contribution in [0.15, 0.2) is 18.2 Å². The number of rotatable bonds is 6. The molecule has 1 atom stereocenters. The second-order valence-electron chi connectivity index (χ2n) is 5.19. The van der Waals surface area contributed by atoms with E-state index in [1.54, 1.807) is 6.07 Å². The lowest BCUT2D eigenvalue weighted by Gasteiger charge is -2.10. The second-order valence-corrected chi connectivity index (χ2v) is 6.03. The molecular formula is C15H20Cl2N2O. The zero-order chi connectivity index (χ0) is 14.4. The van der Waals surface area contributed by atoms with Crippen LogP contribution in [0.2, 0.25) is 10.0 Å². The molecule has 0 radical (unpaired) electrons. The van der Waals surface area contributed by atoms with Crippen molar-refractivity contribution >= 4 is 29.1 Å². The van der Waals surface area contributed by atoms with Crippen molar-refractivity contribution in [3.05, 3.63) is 33.8 Å². The third kappa shape index (κ3) is 4.97. The van der Waals surface area contributed by atoms with E-state index in [2.05, 4.69) is 10.6 Å². The van der Waals surface area contributed by atoms with Crippen LogP contribution in [-0.4, -0.2) is 25.0 Å². The molecule has 1 saturated heterocycles. The molecule has 1 aromatic rings. The minimum Gasteiger partial charge on any atom is -0.356 e. The van der Waals surface area contributed by atoms with E-state index in [1.165, 1.54) is 6.42 Å². The van der Waals surface area contributed by atoms with Crippen molar-refractivity contribution < 1.29 is 4.79 Å². The first-order chi connectivity index (χ1) is 9.65. The van der Waals surface area contributed by atoms with Gasteiger partial charge in [0.15, 0.2) is 0 Å². The fraction of sp³-hybridized carbons (Fsp3) is 0.533. The molecule has 3 nitrogen and oxygen atoms in total. The highest BCUT2D eigenvalue weighted by Gasteiger charge is 2.17. The Hall–Kier alpha value is -0.770. The molecule has 1 unspecified atom stereocenters. The van der Waals surface area contributed by atoms with Crippen LogP contribution in [0.25, 0.3) is 0 Å². The van der Waals surface area contributed by atoms with Crippen molar-refractivity contribution in [2.24, 2.45) is 0 Å². The van der Waals surface area contributed by atoms with Crippen molar-refractivity contribution in [3.8, 4) is 0 Å². The average Bonchev–Trinajstić information content (AvgIpc) is 2.89. The Morgan fingerprint density at radius 1 is 1.40 bits per heavy atom. The smallest absolute Gasteiger partial charge is 0.221 e.